The molecule has 0 aliphatic carbocycles. The van der Waals surface area contributed by atoms with Gasteiger partial charge >= 0.3 is 0 Å². The Labute approximate surface area is 106 Å². The van der Waals surface area contributed by atoms with Gasteiger partial charge in [0, 0.05) is 6.04 Å². The first-order valence-electron chi connectivity index (χ1n) is 7.10. The third-order valence-corrected chi connectivity index (χ3v) is 3.84. The van der Waals surface area contributed by atoms with Gasteiger partial charge in [-0.2, -0.15) is 0 Å². The molecule has 1 saturated heterocycles. The molecule has 2 atom stereocenters. The Morgan fingerprint density at radius 2 is 1.71 bits per heavy atom. The predicted octanol–water partition coefficient (Wildman–Crippen LogP) is 2.01. The molecule has 3 N–H and O–H groups in total. The summed E-state index contributed by atoms with van der Waals surface area (Å²) in [5, 5.41) is 3.41. The molecular formula is C14H30N2O. The highest BCUT2D eigenvalue weighted by Gasteiger charge is 2.27. The van der Waals surface area contributed by atoms with Crippen LogP contribution in [0.4, 0.5) is 0 Å². The van der Waals surface area contributed by atoms with Crippen LogP contribution in [0.2, 0.25) is 0 Å². The van der Waals surface area contributed by atoms with Gasteiger partial charge in [-0.05, 0) is 43.7 Å². The molecule has 3 nitrogen and oxygen atoms in total. The minimum absolute atomic E-state index is 0.165. The van der Waals surface area contributed by atoms with Gasteiger partial charge in [0.25, 0.3) is 0 Å². The third-order valence-electron chi connectivity index (χ3n) is 3.84. The molecule has 0 amide bonds. The highest BCUT2D eigenvalue weighted by molar-refractivity contribution is 4.79. The maximum Gasteiger partial charge on any atom is 0.0627 e. The summed E-state index contributed by atoms with van der Waals surface area (Å²) < 4.78 is 6.11. The summed E-state index contributed by atoms with van der Waals surface area (Å²) in [5.41, 5.74) is 6.06. The number of ether oxygens (including phenoxy) is 1. The average molecular weight is 242 g/mol. The number of nitrogens with two attached hydrogens (primary N) is 1. The quantitative estimate of drug-likeness (QED) is 0.749. The second-order valence-corrected chi connectivity index (χ2v) is 6.04. The Balaban J connectivity index is 2.42. The highest BCUT2D eigenvalue weighted by atomic mass is 16.5. The zero-order valence-corrected chi connectivity index (χ0v) is 11.9. The summed E-state index contributed by atoms with van der Waals surface area (Å²) in [5.74, 6) is 1.78. The predicted molar refractivity (Wildman–Crippen MR) is 73.0 cm³/mol. The molecule has 3 heteroatoms. The van der Waals surface area contributed by atoms with E-state index < -0.39 is 0 Å². The molecule has 0 bridgehead atoms. The van der Waals surface area contributed by atoms with Gasteiger partial charge in [0.05, 0.1) is 12.7 Å². The van der Waals surface area contributed by atoms with Crippen molar-refractivity contribution >= 4 is 0 Å². The van der Waals surface area contributed by atoms with Crippen LogP contribution in [0.5, 0.6) is 0 Å². The van der Waals surface area contributed by atoms with Crippen LogP contribution in [-0.2, 0) is 4.74 Å². The van der Waals surface area contributed by atoms with Gasteiger partial charge in [-0.15, -0.1) is 0 Å². The van der Waals surface area contributed by atoms with Crippen LogP contribution in [0, 0.1) is 17.8 Å². The standard InChI is InChI=1S/C14H30N2O/c1-10(2)13(15)9-17-14(11(3)4)12-5-7-16-8-6-12/h10-14,16H,5-9,15H2,1-4H3/t13?,14-/m1/s1. The molecule has 1 unspecified atom stereocenters. The van der Waals surface area contributed by atoms with E-state index in [1.54, 1.807) is 0 Å². The van der Waals surface area contributed by atoms with Crippen LogP contribution in [0.15, 0.2) is 0 Å². The summed E-state index contributed by atoms with van der Waals surface area (Å²) in [6, 6.07) is 0.165. The van der Waals surface area contributed by atoms with E-state index in [2.05, 4.69) is 33.0 Å². The average Bonchev–Trinajstić information content (AvgIpc) is 2.29. The summed E-state index contributed by atoms with van der Waals surface area (Å²) in [6.07, 6.45) is 2.85. The number of hydrogen-bond donors (Lipinski definition) is 2. The van der Waals surface area contributed by atoms with Gasteiger partial charge in [-0.3, -0.25) is 0 Å². The highest BCUT2D eigenvalue weighted by Crippen LogP contribution is 2.25. The molecule has 1 rings (SSSR count). The zero-order valence-electron chi connectivity index (χ0n) is 11.9. The lowest BCUT2D eigenvalue weighted by molar-refractivity contribution is -0.0352. The van der Waals surface area contributed by atoms with Gasteiger partial charge in [0.2, 0.25) is 0 Å². The van der Waals surface area contributed by atoms with Crippen molar-refractivity contribution in [1.29, 1.82) is 0 Å². The molecule has 1 aliphatic heterocycles. The maximum absolute atomic E-state index is 6.11. The van der Waals surface area contributed by atoms with Gasteiger partial charge in [-0.25, -0.2) is 0 Å². The normalized spacial score (nSPS) is 22.1. The van der Waals surface area contributed by atoms with Crippen molar-refractivity contribution in [3.8, 4) is 0 Å². The Morgan fingerprint density at radius 3 is 2.18 bits per heavy atom. The fraction of sp³-hybridized carbons (Fsp3) is 1.00. The van der Waals surface area contributed by atoms with Crippen LogP contribution >= 0.6 is 0 Å². The molecule has 0 spiro atoms. The molecule has 0 aromatic carbocycles. The third kappa shape index (κ3) is 4.94. The van der Waals surface area contributed by atoms with E-state index in [9.17, 15) is 0 Å². The molecule has 102 valence electrons. The smallest absolute Gasteiger partial charge is 0.0627 e. The van der Waals surface area contributed by atoms with Crippen LogP contribution in [0.25, 0.3) is 0 Å². The lowest BCUT2D eigenvalue weighted by Crippen LogP contribution is -2.41. The Hall–Kier alpha value is -0.120. The monoisotopic (exact) mass is 242 g/mol. The molecule has 0 aromatic heterocycles. The van der Waals surface area contributed by atoms with E-state index in [1.807, 2.05) is 0 Å². The van der Waals surface area contributed by atoms with Crippen LogP contribution in [0.3, 0.4) is 0 Å². The zero-order chi connectivity index (χ0) is 12.8. The van der Waals surface area contributed by atoms with E-state index in [1.165, 1.54) is 12.8 Å². The second kappa shape index (κ2) is 7.34. The van der Waals surface area contributed by atoms with Crippen molar-refractivity contribution in [3.63, 3.8) is 0 Å². The van der Waals surface area contributed by atoms with Crippen molar-refractivity contribution in [1.82, 2.24) is 5.32 Å². The number of hydrogen-bond acceptors (Lipinski definition) is 3. The van der Waals surface area contributed by atoms with E-state index >= 15 is 0 Å². The van der Waals surface area contributed by atoms with Crippen LogP contribution in [0.1, 0.15) is 40.5 Å². The first kappa shape index (κ1) is 14.9. The lowest BCUT2D eigenvalue weighted by Gasteiger charge is -2.34. The molecule has 1 aliphatic rings. The van der Waals surface area contributed by atoms with Gasteiger partial charge in [0.1, 0.15) is 0 Å². The maximum atomic E-state index is 6.11. The van der Waals surface area contributed by atoms with E-state index in [-0.39, 0.29) is 6.04 Å². The second-order valence-electron chi connectivity index (χ2n) is 6.04. The molecule has 17 heavy (non-hydrogen) atoms. The van der Waals surface area contributed by atoms with Crippen LogP contribution in [-0.4, -0.2) is 31.8 Å². The topological polar surface area (TPSA) is 47.3 Å². The minimum atomic E-state index is 0.165. The summed E-state index contributed by atoms with van der Waals surface area (Å²) >= 11 is 0. The number of piperidine rings is 1. The molecule has 0 aromatic rings. The van der Waals surface area contributed by atoms with E-state index in [4.69, 9.17) is 10.5 Å². The fourth-order valence-electron chi connectivity index (χ4n) is 2.46. The van der Waals surface area contributed by atoms with E-state index in [0.717, 1.165) is 13.1 Å². The fourth-order valence-corrected chi connectivity index (χ4v) is 2.46. The largest absolute Gasteiger partial charge is 0.376 e. The molecule has 0 radical (unpaired) electrons. The summed E-state index contributed by atoms with van der Waals surface area (Å²) in [6.45, 7) is 11.8. The minimum Gasteiger partial charge on any atom is -0.376 e. The van der Waals surface area contributed by atoms with Gasteiger partial charge < -0.3 is 15.8 Å². The van der Waals surface area contributed by atoms with Crippen LogP contribution < -0.4 is 11.1 Å². The van der Waals surface area contributed by atoms with Crippen molar-refractivity contribution in [2.24, 2.45) is 23.5 Å². The Bertz CT molecular complexity index is 200. The van der Waals surface area contributed by atoms with Crippen molar-refractivity contribution in [2.75, 3.05) is 19.7 Å². The molecular weight excluding hydrogens is 212 g/mol. The summed E-state index contributed by atoms with van der Waals surface area (Å²) in [4.78, 5) is 0. The lowest BCUT2D eigenvalue weighted by atomic mass is 9.86. The van der Waals surface area contributed by atoms with Crippen molar-refractivity contribution < 1.29 is 4.74 Å². The molecule has 0 saturated carbocycles. The first-order valence-corrected chi connectivity index (χ1v) is 7.10. The molecule has 1 fully saturated rings. The Morgan fingerprint density at radius 1 is 1.12 bits per heavy atom. The van der Waals surface area contributed by atoms with Gasteiger partial charge in [0.15, 0.2) is 0 Å². The number of rotatable bonds is 6. The number of nitrogens with one attached hydrogen (secondary N) is 1. The van der Waals surface area contributed by atoms with E-state index in [0.29, 0.717) is 30.5 Å². The SMILES string of the molecule is CC(C)C(N)CO[C@H](C(C)C)C1CCNCC1. The summed E-state index contributed by atoms with van der Waals surface area (Å²) in [7, 11) is 0. The van der Waals surface area contributed by atoms with Crippen molar-refractivity contribution in [3.05, 3.63) is 0 Å². The van der Waals surface area contributed by atoms with Gasteiger partial charge in [-0.1, -0.05) is 27.7 Å². The Kier molecular flexibility index (Phi) is 6.45. The molecule has 1 heterocycles. The first-order chi connectivity index (χ1) is 8.02. The van der Waals surface area contributed by atoms with Crippen molar-refractivity contribution in [2.45, 2.75) is 52.7 Å².